The summed E-state index contributed by atoms with van der Waals surface area (Å²) in [6.45, 7) is 0. The molecule has 0 saturated heterocycles. The zero-order valence-electron chi connectivity index (χ0n) is 11.4. The van der Waals surface area contributed by atoms with Crippen LogP contribution in [-0.2, 0) is 11.2 Å². The van der Waals surface area contributed by atoms with E-state index < -0.39 is 29.1 Å². The molecule has 1 amide bonds. The number of nitrogens with two attached hydrogens (primary N) is 1. The fourth-order valence-corrected chi connectivity index (χ4v) is 2.06. The lowest BCUT2D eigenvalue weighted by molar-refractivity contribution is -0.123. The molecule has 1 fully saturated rings. The largest absolute Gasteiger partial charge is 0.441 e. The van der Waals surface area contributed by atoms with E-state index in [1.165, 1.54) is 0 Å². The first-order chi connectivity index (χ1) is 10.4. The molecule has 22 heavy (non-hydrogen) atoms. The zero-order chi connectivity index (χ0) is 15.9. The summed E-state index contributed by atoms with van der Waals surface area (Å²) in [5.41, 5.74) is 5.18. The number of carbonyl (C=O) groups excluding carboxylic acids is 1. The maximum absolute atomic E-state index is 13.1. The Morgan fingerprint density at radius 3 is 2.82 bits per heavy atom. The van der Waals surface area contributed by atoms with Gasteiger partial charge in [-0.2, -0.15) is 5.26 Å². The summed E-state index contributed by atoms with van der Waals surface area (Å²) in [5.74, 6) is -2.45. The summed E-state index contributed by atoms with van der Waals surface area (Å²) in [7, 11) is 0. The molecule has 6 nitrogen and oxygen atoms in total. The smallest absolute Gasteiger partial charge is 0.238 e. The lowest BCUT2D eigenvalue weighted by Crippen LogP contribution is -2.47. The fourth-order valence-electron chi connectivity index (χ4n) is 2.06. The second-order valence-corrected chi connectivity index (χ2v) is 5.34. The number of hydrogen-bond donors (Lipinski definition) is 2. The molecule has 0 bridgehead atoms. The van der Waals surface area contributed by atoms with Gasteiger partial charge in [-0.25, -0.2) is 13.8 Å². The predicted molar refractivity (Wildman–Crippen MR) is 71.3 cm³/mol. The average molecular weight is 306 g/mol. The van der Waals surface area contributed by atoms with Crippen LogP contribution in [0.4, 0.5) is 8.78 Å². The summed E-state index contributed by atoms with van der Waals surface area (Å²) < 4.78 is 31.5. The number of benzene rings is 1. The van der Waals surface area contributed by atoms with Crippen LogP contribution < -0.4 is 11.1 Å². The third-order valence-corrected chi connectivity index (χ3v) is 3.53. The van der Waals surface area contributed by atoms with Gasteiger partial charge in [-0.3, -0.25) is 4.79 Å². The van der Waals surface area contributed by atoms with Crippen LogP contribution in [0.2, 0.25) is 0 Å². The van der Waals surface area contributed by atoms with Crippen LogP contribution in [0.15, 0.2) is 16.5 Å². The van der Waals surface area contributed by atoms with Gasteiger partial charge >= 0.3 is 0 Å². The molecular weight excluding hydrogens is 294 g/mol. The van der Waals surface area contributed by atoms with Gasteiger partial charge in [-0.15, -0.1) is 0 Å². The average Bonchev–Trinajstić information content (AvgIpc) is 3.14. The summed E-state index contributed by atoms with van der Waals surface area (Å²) in [5, 5.41) is 11.5. The SMILES string of the molecule is N#CC1(NC(=O)C(N)Cc2nc3cc(F)c(F)cc3o2)CC1. The number of halogens is 2. The standard InChI is InChI=1S/C14H12F2N4O2/c15-7-3-10-11(4-8(7)16)22-12(19-10)5-9(18)13(21)20-14(6-17)1-2-14/h3-4,9H,1-2,5,18H2,(H,20,21). The van der Waals surface area contributed by atoms with E-state index in [0.717, 1.165) is 12.1 Å². The van der Waals surface area contributed by atoms with Gasteiger partial charge in [0.1, 0.15) is 11.1 Å². The van der Waals surface area contributed by atoms with Crippen LogP contribution in [-0.4, -0.2) is 22.5 Å². The Balaban J connectivity index is 1.72. The number of nitrogens with zero attached hydrogens (tertiary/aromatic N) is 2. The van der Waals surface area contributed by atoms with Crippen molar-refractivity contribution in [3.05, 3.63) is 29.7 Å². The van der Waals surface area contributed by atoms with Crippen molar-refractivity contribution in [3.63, 3.8) is 0 Å². The minimum Gasteiger partial charge on any atom is -0.441 e. The predicted octanol–water partition coefficient (Wildman–Crippen LogP) is 1.15. The Morgan fingerprint density at radius 2 is 2.18 bits per heavy atom. The van der Waals surface area contributed by atoms with E-state index in [9.17, 15) is 13.6 Å². The molecule has 1 aromatic carbocycles. The Bertz CT molecular complexity index is 753. The van der Waals surface area contributed by atoms with Gasteiger partial charge < -0.3 is 15.5 Å². The number of rotatable bonds is 4. The lowest BCUT2D eigenvalue weighted by Gasteiger charge is -2.13. The van der Waals surface area contributed by atoms with Crippen LogP contribution in [0, 0.1) is 23.0 Å². The minimum atomic E-state index is -1.04. The van der Waals surface area contributed by atoms with E-state index in [-0.39, 0.29) is 23.4 Å². The van der Waals surface area contributed by atoms with Gasteiger partial charge in [0.25, 0.3) is 0 Å². The third kappa shape index (κ3) is 2.63. The molecule has 1 unspecified atom stereocenters. The minimum absolute atomic E-state index is 0.0364. The van der Waals surface area contributed by atoms with Gasteiger partial charge in [0, 0.05) is 18.6 Å². The Kier molecular flexibility index (Phi) is 3.30. The van der Waals surface area contributed by atoms with Crippen LogP contribution in [0.25, 0.3) is 11.1 Å². The highest BCUT2D eigenvalue weighted by Crippen LogP contribution is 2.34. The number of nitriles is 1. The van der Waals surface area contributed by atoms with Crippen molar-refractivity contribution in [2.45, 2.75) is 30.8 Å². The van der Waals surface area contributed by atoms with Crippen molar-refractivity contribution in [2.24, 2.45) is 5.73 Å². The van der Waals surface area contributed by atoms with Gasteiger partial charge in [0.15, 0.2) is 23.1 Å². The monoisotopic (exact) mass is 306 g/mol. The fraction of sp³-hybridized carbons (Fsp3) is 0.357. The Labute approximate surface area is 123 Å². The highest BCUT2D eigenvalue weighted by Gasteiger charge is 2.45. The number of fused-ring (bicyclic) bond motifs is 1. The quantitative estimate of drug-likeness (QED) is 0.881. The van der Waals surface area contributed by atoms with Crippen molar-refractivity contribution >= 4 is 17.0 Å². The molecule has 3 N–H and O–H groups in total. The molecule has 2 aromatic rings. The van der Waals surface area contributed by atoms with Crippen molar-refractivity contribution in [3.8, 4) is 6.07 Å². The maximum atomic E-state index is 13.1. The second kappa shape index (κ2) is 5.03. The van der Waals surface area contributed by atoms with Crippen LogP contribution in [0.3, 0.4) is 0 Å². The molecule has 1 aromatic heterocycles. The Morgan fingerprint density at radius 1 is 1.50 bits per heavy atom. The first kappa shape index (κ1) is 14.4. The Hall–Kier alpha value is -2.53. The van der Waals surface area contributed by atoms with E-state index in [1.54, 1.807) is 0 Å². The summed E-state index contributed by atoms with van der Waals surface area (Å²) in [4.78, 5) is 15.9. The van der Waals surface area contributed by atoms with E-state index >= 15 is 0 Å². The zero-order valence-corrected chi connectivity index (χ0v) is 11.4. The van der Waals surface area contributed by atoms with E-state index in [0.29, 0.717) is 12.8 Å². The van der Waals surface area contributed by atoms with Crippen molar-refractivity contribution in [1.29, 1.82) is 5.26 Å². The molecule has 1 heterocycles. The second-order valence-electron chi connectivity index (χ2n) is 5.34. The highest BCUT2D eigenvalue weighted by atomic mass is 19.2. The number of oxazole rings is 1. The van der Waals surface area contributed by atoms with Gasteiger partial charge in [-0.1, -0.05) is 0 Å². The molecule has 1 aliphatic rings. The number of carbonyl (C=O) groups is 1. The molecule has 114 valence electrons. The van der Waals surface area contributed by atoms with Gasteiger partial charge in [0.05, 0.1) is 12.1 Å². The number of hydrogen-bond acceptors (Lipinski definition) is 5. The number of aromatic nitrogens is 1. The van der Waals surface area contributed by atoms with Gasteiger partial charge in [-0.05, 0) is 12.8 Å². The molecule has 0 aliphatic heterocycles. The van der Waals surface area contributed by atoms with Crippen molar-refractivity contribution in [1.82, 2.24) is 10.3 Å². The molecule has 3 rings (SSSR count). The number of nitrogens with one attached hydrogen (secondary N) is 1. The normalized spacial score (nSPS) is 17.0. The molecule has 0 radical (unpaired) electrons. The molecular formula is C14H12F2N4O2. The van der Waals surface area contributed by atoms with Crippen LogP contribution in [0.1, 0.15) is 18.7 Å². The van der Waals surface area contributed by atoms with Crippen molar-refractivity contribution in [2.75, 3.05) is 0 Å². The van der Waals surface area contributed by atoms with E-state index in [1.807, 2.05) is 6.07 Å². The van der Waals surface area contributed by atoms with Crippen LogP contribution in [0.5, 0.6) is 0 Å². The third-order valence-electron chi connectivity index (χ3n) is 3.53. The first-order valence-corrected chi connectivity index (χ1v) is 6.66. The first-order valence-electron chi connectivity index (χ1n) is 6.66. The molecule has 1 atom stereocenters. The molecule has 1 saturated carbocycles. The topological polar surface area (TPSA) is 105 Å². The summed E-state index contributed by atoms with van der Waals surface area (Å²) >= 11 is 0. The van der Waals surface area contributed by atoms with Gasteiger partial charge in [0.2, 0.25) is 5.91 Å². The lowest BCUT2D eigenvalue weighted by atomic mass is 10.2. The number of amides is 1. The summed E-state index contributed by atoms with van der Waals surface area (Å²) in [6, 6.07) is 2.87. The molecule has 8 heteroatoms. The maximum Gasteiger partial charge on any atom is 0.238 e. The summed E-state index contributed by atoms with van der Waals surface area (Å²) in [6.07, 6.45) is 1.16. The van der Waals surface area contributed by atoms with E-state index in [2.05, 4.69) is 10.3 Å². The molecule has 1 aliphatic carbocycles. The molecule has 0 spiro atoms. The van der Waals surface area contributed by atoms with Crippen molar-refractivity contribution < 1.29 is 18.0 Å². The van der Waals surface area contributed by atoms with Crippen LogP contribution >= 0.6 is 0 Å². The highest BCUT2D eigenvalue weighted by molar-refractivity contribution is 5.83. The van der Waals surface area contributed by atoms with E-state index in [4.69, 9.17) is 15.4 Å².